The third-order valence-electron chi connectivity index (χ3n) is 4.19. The van der Waals surface area contributed by atoms with Gasteiger partial charge in [-0.2, -0.15) is 5.26 Å². The lowest BCUT2D eigenvalue weighted by atomic mass is 9.98. The number of aromatic nitrogens is 1. The highest BCUT2D eigenvalue weighted by Crippen LogP contribution is 2.16. The zero-order valence-corrected chi connectivity index (χ0v) is 13.4. The summed E-state index contributed by atoms with van der Waals surface area (Å²) >= 11 is 0. The molecule has 1 amide bonds. The van der Waals surface area contributed by atoms with Gasteiger partial charge in [-0.3, -0.25) is 14.5 Å². The molecule has 0 spiro atoms. The van der Waals surface area contributed by atoms with E-state index in [1.807, 2.05) is 6.07 Å². The van der Waals surface area contributed by atoms with Crippen LogP contribution in [0.4, 0.5) is 5.82 Å². The quantitative estimate of drug-likeness (QED) is 0.840. The van der Waals surface area contributed by atoms with Crippen molar-refractivity contribution in [1.82, 2.24) is 9.88 Å². The van der Waals surface area contributed by atoms with E-state index in [-0.39, 0.29) is 5.78 Å². The van der Waals surface area contributed by atoms with E-state index in [1.165, 1.54) is 12.8 Å². The van der Waals surface area contributed by atoms with Crippen LogP contribution in [0.2, 0.25) is 0 Å². The molecule has 0 aliphatic carbocycles. The summed E-state index contributed by atoms with van der Waals surface area (Å²) in [5.41, 5.74) is 0. The molecule has 122 valence electrons. The number of hydrogen-bond donors (Lipinski definition) is 1. The molecule has 0 aromatic carbocycles. The highest BCUT2D eigenvalue weighted by Gasteiger charge is 2.33. The number of carbonyl (C=O) groups is 2. The molecule has 1 fully saturated rings. The maximum absolute atomic E-state index is 12.6. The molecule has 0 bridgehead atoms. The standard InChI is InChI=1S/C17H22N4O2/c1-13(21-10-6-2-3-7-11-21)16(22)14(12-18)17(23)20-15-8-4-5-9-19-15/h4-5,8-9,13-14H,2-3,6-7,10-11H2,1H3,(H,19,20,23)/t13-,14+/m1/s1. The molecule has 2 atom stereocenters. The lowest BCUT2D eigenvalue weighted by Gasteiger charge is -2.27. The van der Waals surface area contributed by atoms with Gasteiger partial charge >= 0.3 is 0 Å². The van der Waals surface area contributed by atoms with Crippen molar-refractivity contribution in [3.8, 4) is 6.07 Å². The normalized spacial score (nSPS) is 18.3. The zero-order valence-electron chi connectivity index (χ0n) is 13.4. The van der Waals surface area contributed by atoms with E-state index in [4.69, 9.17) is 0 Å². The van der Waals surface area contributed by atoms with E-state index in [1.54, 1.807) is 31.3 Å². The SMILES string of the molecule is C[C@H](C(=O)[C@H](C#N)C(=O)Nc1ccccn1)N1CCCCCC1. The van der Waals surface area contributed by atoms with Crippen LogP contribution in [-0.4, -0.2) is 40.7 Å². The zero-order chi connectivity index (χ0) is 16.7. The first-order valence-electron chi connectivity index (χ1n) is 8.03. The molecule has 2 heterocycles. The number of nitrogens with one attached hydrogen (secondary N) is 1. The number of nitriles is 1. The number of pyridine rings is 1. The summed E-state index contributed by atoms with van der Waals surface area (Å²) in [6.07, 6.45) is 5.97. The Morgan fingerprint density at radius 2 is 1.96 bits per heavy atom. The molecule has 1 aromatic rings. The molecule has 1 aliphatic rings. The highest BCUT2D eigenvalue weighted by molar-refractivity contribution is 6.10. The summed E-state index contributed by atoms with van der Waals surface area (Å²) in [6, 6.07) is 6.49. The molecule has 1 aromatic heterocycles. The van der Waals surface area contributed by atoms with Gasteiger partial charge in [-0.15, -0.1) is 0 Å². The molecule has 2 rings (SSSR count). The topological polar surface area (TPSA) is 86.1 Å². The summed E-state index contributed by atoms with van der Waals surface area (Å²) in [7, 11) is 0. The van der Waals surface area contributed by atoms with Gasteiger partial charge < -0.3 is 5.32 Å². The van der Waals surface area contributed by atoms with Gasteiger partial charge in [-0.25, -0.2) is 4.98 Å². The Labute approximate surface area is 136 Å². The van der Waals surface area contributed by atoms with Crippen LogP contribution >= 0.6 is 0 Å². The second-order valence-corrected chi connectivity index (χ2v) is 5.79. The minimum absolute atomic E-state index is 0.341. The molecule has 1 saturated heterocycles. The van der Waals surface area contributed by atoms with Crippen molar-refractivity contribution in [2.75, 3.05) is 18.4 Å². The maximum atomic E-state index is 12.6. The van der Waals surface area contributed by atoms with Gasteiger partial charge in [0.05, 0.1) is 12.1 Å². The van der Waals surface area contributed by atoms with Gasteiger partial charge in [-0.05, 0) is 45.0 Å². The summed E-state index contributed by atoms with van der Waals surface area (Å²) in [5, 5.41) is 11.8. The van der Waals surface area contributed by atoms with Crippen molar-refractivity contribution < 1.29 is 9.59 Å². The van der Waals surface area contributed by atoms with Gasteiger partial charge in [0.2, 0.25) is 0 Å². The number of hydrogen-bond acceptors (Lipinski definition) is 5. The number of carbonyl (C=O) groups excluding carboxylic acids is 2. The summed E-state index contributed by atoms with van der Waals surface area (Å²) < 4.78 is 0. The van der Waals surface area contributed by atoms with Crippen molar-refractivity contribution in [3.05, 3.63) is 24.4 Å². The summed E-state index contributed by atoms with van der Waals surface area (Å²) in [6.45, 7) is 3.46. The number of Topliss-reactive ketones (excluding diaryl/α,β-unsaturated/α-hetero) is 1. The second kappa shape index (κ2) is 8.39. The Hall–Kier alpha value is -2.26. The van der Waals surface area contributed by atoms with E-state index >= 15 is 0 Å². The number of amides is 1. The van der Waals surface area contributed by atoms with Crippen molar-refractivity contribution in [2.45, 2.75) is 38.6 Å². The van der Waals surface area contributed by atoms with Crippen molar-refractivity contribution in [3.63, 3.8) is 0 Å². The monoisotopic (exact) mass is 314 g/mol. The van der Waals surface area contributed by atoms with E-state index in [0.717, 1.165) is 25.9 Å². The third-order valence-corrected chi connectivity index (χ3v) is 4.19. The molecule has 0 radical (unpaired) electrons. The Bertz CT molecular complexity index is 574. The average molecular weight is 314 g/mol. The summed E-state index contributed by atoms with van der Waals surface area (Å²) in [4.78, 5) is 30.9. The van der Waals surface area contributed by atoms with E-state index < -0.39 is 17.9 Å². The molecule has 0 saturated carbocycles. The maximum Gasteiger partial charge on any atom is 0.250 e. The van der Waals surface area contributed by atoms with Crippen LogP contribution < -0.4 is 5.32 Å². The van der Waals surface area contributed by atoms with Crippen LogP contribution in [0.25, 0.3) is 0 Å². The smallest absolute Gasteiger partial charge is 0.250 e. The molecule has 6 heteroatoms. The molecular weight excluding hydrogens is 292 g/mol. The van der Waals surface area contributed by atoms with Crippen LogP contribution in [0.15, 0.2) is 24.4 Å². The third kappa shape index (κ3) is 4.60. The Kier molecular flexibility index (Phi) is 6.24. The minimum atomic E-state index is -1.31. The molecule has 1 aliphatic heterocycles. The largest absolute Gasteiger partial charge is 0.309 e. The number of nitrogens with zero attached hydrogens (tertiary/aromatic N) is 3. The fraction of sp³-hybridized carbons (Fsp3) is 0.529. The highest BCUT2D eigenvalue weighted by atomic mass is 16.2. The van der Waals surface area contributed by atoms with Crippen LogP contribution in [-0.2, 0) is 9.59 Å². The number of likely N-dealkylation sites (tertiary alicyclic amines) is 1. The predicted octanol–water partition coefficient (Wildman–Crippen LogP) is 1.99. The first-order valence-corrected chi connectivity index (χ1v) is 8.03. The molecule has 6 nitrogen and oxygen atoms in total. The van der Waals surface area contributed by atoms with Gasteiger partial charge in [0, 0.05) is 6.20 Å². The minimum Gasteiger partial charge on any atom is -0.309 e. The van der Waals surface area contributed by atoms with E-state index in [9.17, 15) is 14.9 Å². The van der Waals surface area contributed by atoms with Gasteiger partial charge in [-0.1, -0.05) is 18.9 Å². The molecule has 23 heavy (non-hydrogen) atoms. The van der Waals surface area contributed by atoms with Gasteiger partial charge in [0.1, 0.15) is 5.82 Å². The summed E-state index contributed by atoms with van der Waals surface area (Å²) in [5.74, 6) is -1.93. The lowest BCUT2D eigenvalue weighted by molar-refractivity contribution is -0.132. The lowest BCUT2D eigenvalue weighted by Crippen LogP contribution is -2.45. The van der Waals surface area contributed by atoms with E-state index in [2.05, 4.69) is 15.2 Å². The van der Waals surface area contributed by atoms with Gasteiger partial charge in [0.15, 0.2) is 11.7 Å². The fourth-order valence-corrected chi connectivity index (χ4v) is 2.79. The Morgan fingerprint density at radius 1 is 1.26 bits per heavy atom. The Morgan fingerprint density at radius 3 is 2.52 bits per heavy atom. The fourth-order valence-electron chi connectivity index (χ4n) is 2.79. The van der Waals surface area contributed by atoms with Crippen LogP contribution in [0.5, 0.6) is 0 Å². The first-order chi connectivity index (χ1) is 11.1. The van der Waals surface area contributed by atoms with Crippen molar-refractivity contribution >= 4 is 17.5 Å². The van der Waals surface area contributed by atoms with E-state index in [0.29, 0.717) is 5.82 Å². The second-order valence-electron chi connectivity index (χ2n) is 5.79. The molecule has 0 unspecified atom stereocenters. The van der Waals surface area contributed by atoms with Crippen molar-refractivity contribution in [2.24, 2.45) is 5.92 Å². The molecular formula is C17H22N4O2. The van der Waals surface area contributed by atoms with Crippen LogP contribution in [0, 0.1) is 17.2 Å². The molecule has 1 N–H and O–H groups in total. The number of ketones is 1. The average Bonchev–Trinajstić information content (AvgIpc) is 2.85. The predicted molar refractivity (Wildman–Crippen MR) is 86.5 cm³/mol. The Balaban J connectivity index is 2.02. The van der Waals surface area contributed by atoms with Crippen LogP contribution in [0.1, 0.15) is 32.6 Å². The van der Waals surface area contributed by atoms with Gasteiger partial charge in [0.25, 0.3) is 5.91 Å². The number of rotatable bonds is 5. The first kappa shape index (κ1) is 17.1. The van der Waals surface area contributed by atoms with Crippen LogP contribution in [0.3, 0.4) is 0 Å². The van der Waals surface area contributed by atoms with Crippen molar-refractivity contribution in [1.29, 1.82) is 5.26 Å². The number of anilines is 1.